The zero-order valence-corrected chi connectivity index (χ0v) is 31.8. The maximum atomic E-state index is 6.41. The summed E-state index contributed by atoms with van der Waals surface area (Å²) in [5.41, 5.74) is 8.25. The fraction of sp³-hybridized carbons (Fsp3) is 0. The molecule has 12 rings (SSSR count). The average Bonchev–Trinajstić information content (AvgIpc) is 3.90. The van der Waals surface area contributed by atoms with E-state index in [-0.39, 0.29) is 0 Å². The van der Waals surface area contributed by atoms with Crippen LogP contribution in [-0.2, 0) is 0 Å². The lowest BCUT2D eigenvalue weighted by Crippen LogP contribution is -2.01. The lowest BCUT2D eigenvalue weighted by atomic mass is 10.0. The summed E-state index contributed by atoms with van der Waals surface area (Å²) in [5, 5.41) is 6.16. The van der Waals surface area contributed by atoms with E-state index in [0.29, 0.717) is 34.9 Å². The Morgan fingerprint density at radius 2 is 0.633 bits per heavy atom. The molecule has 4 aromatic heterocycles. The Kier molecular flexibility index (Phi) is 7.67. The summed E-state index contributed by atoms with van der Waals surface area (Å²) in [4.78, 5) is 30.2. The smallest absolute Gasteiger partial charge is 0.167 e. The molecule has 4 heterocycles. The van der Waals surface area contributed by atoms with Gasteiger partial charge in [-0.1, -0.05) is 146 Å². The van der Waals surface area contributed by atoms with Crippen LogP contribution in [0.4, 0.5) is 0 Å². The van der Waals surface area contributed by atoms with Gasteiger partial charge in [-0.25, -0.2) is 29.9 Å². The summed E-state index contributed by atoms with van der Waals surface area (Å²) >= 11 is 0. The lowest BCUT2D eigenvalue weighted by Gasteiger charge is -2.11. The first-order chi connectivity index (χ1) is 29.7. The minimum absolute atomic E-state index is 0.539. The molecule has 0 fully saturated rings. The zero-order valence-electron chi connectivity index (χ0n) is 31.8. The van der Waals surface area contributed by atoms with Gasteiger partial charge in [0, 0.05) is 43.8 Å². The molecule has 60 heavy (non-hydrogen) atoms. The molecule has 0 N–H and O–H groups in total. The number of hydrogen-bond donors (Lipinski definition) is 0. The van der Waals surface area contributed by atoms with Crippen LogP contribution in [0.15, 0.2) is 191 Å². The van der Waals surface area contributed by atoms with Crippen LogP contribution in [0.2, 0.25) is 0 Å². The summed E-state index contributed by atoms with van der Waals surface area (Å²) in [5.74, 6) is 3.36. The first-order valence-corrected chi connectivity index (χ1v) is 19.7. The van der Waals surface area contributed by atoms with Gasteiger partial charge in [-0.3, -0.25) is 0 Å². The van der Waals surface area contributed by atoms with Crippen LogP contribution in [0.25, 0.3) is 123 Å². The lowest BCUT2D eigenvalue weighted by molar-refractivity contribution is 0.669. The number of benzene rings is 8. The van der Waals surface area contributed by atoms with Crippen LogP contribution in [0.1, 0.15) is 0 Å². The highest BCUT2D eigenvalue weighted by Crippen LogP contribution is 2.38. The second kappa shape index (κ2) is 13.6. The maximum Gasteiger partial charge on any atom is 0.167 e. The van der Waals surface area contributed by atoms with Crippen molar-refractivity contribution in [3.05, 3.63) is 182 Å². The molecule has 0 unspecified atom stereocenters. The third kappa shape index (κ3) is 5.69. The van der Waals surface area contributed by atoms with E-state index in [2.05, 4.69) is 60.7 Å². The molecule has 0 amide bonds. The monoisotopic (exact) mass is 770 g/mol. The van der Waals surface area contributed by atoms with E-state index in [1.165, 1.54) is 0 Å². The number of aromatic nitrogens is 6. The fourth-order valence-electron chi connectivity index (χ4n) is 8.05. The minimum atomic E-state index is 0.539. The summed E-state index contributed by atoms with van der Waals surface area (Å²) in [6.07, 6.45) is 0. The molecular weight excluding hydrogens is 741 g/mol. The molecule has 0 atom stereocenters. The summed E-state index contributed by atoms with van der Waals surface area (Å²) < 4.78 is 12.8. The highest BCUT2D eigenvalue weighted by Gasteiger charge is 2.20. The number of rotatable bonds is 6. The molecule has 12 aromatic rings. The molecular formula is C52H30N6O2. The quantitative estimate of drug-likeness (QED) is 0.165. The Bertz CT molecular complexity index is 3380. The molecule has 8 heteroatoms. The minimum Gasteiger partial charge on any atom is -0.455 e. The highest BCUT2D eigenvalue weighted by molar-refractivity contribution is 6.10. The van der Waals surface area contributed by atoms with Crippen molar-refractivity contribution in [3.8, 4) is 68.3 Å². The maximum absolute atomic E-state index is 6.41. The number of nitrogens with zero attached hydrogens (tertiary/aromatic N) is 6. The van der Waals surface area contributed by atoms with Gasteiger partial charge in [-0.05, 0) is 47.2 Å². The third-order valence-corrected chi connectivity index (χ3v) is 11.0. The van der Waals surface area contributed by atoms with Gasteiger partial charge in [-0.15, -0.1) is 0 Å². The van der Waals surface area contributed by atoms with Crippen molar-refractivity contribution < 1.29 is 8.83 Å². The van der Waals surface area contributed by atoms with Crippen LogP contribution in [-0.4, -0.2) is 29.9 Å². The number of fused-ring (bicyclic) bond motifs is 7. The van der Waals surface area contributed by atoms with Gasteiger partial charge in [0.2, 0.25) is 0 Å². The Balaban J connectivity index is 0.978. The summed E-state index contributed by atoms with van der Waals surface area (Å²) in [7, 11) is 0. The molecule has 8 nitrogen and oxygen atoms in total. The molecule has 0 bridgehead atoms. The molecule has 280 valence electrons. The van der Waals surface area contributed by atoms with Crippen LogP contribution in [0.3, 0.4) is 0 Å². The Morgan fingerprint density at radius 3 is 1.08 bits per heavy atom. The van der Waals surface area contributed by atoms with E-state index in [0.717, 1.165) is 88.0 Å². The van der Waals surface area contributed by atoms with Crippen LogP contribution in [0, 0.1) is 0 Å². The molecule has 0 aliphatic heterocycles. The van der Waals surface area contributed by atoms with E-state index >= 15 is 0 Å². The Morgan fingerprint density at radius 1 is 0.267 bits per heavy atom. The van der Waals surface area contributed by atoms with Crippen LogP contribution >= 0.6 is 0 Å². The van der Waals surface area contributed by atoms with E-state index in [9.17, 15) is 0 Å². The Hall–Kier alpha value is -8.36. The topological polar surface area (TPSA) is 104 Å². The predicted molar refractivity (Wildman–Crippen MR) is 238 cm³/mol. The van der Waals surface area contributed by atoms with Gasteiger partial charge in [0.05, 0.1) is 11.1 Å². The second-order valence-corrected chi connectivity index (χ2v) is 14.7. The van der Waals surface area contributed by atoms with Crippen LogP contribution in [0.5, 0.6) is 0 Å². The van der Waals surface area contributed by atoms with Crippen molar-refractivity contribution in [2.24, 2.45) is 0 Å². The number of furan rings is 2. The third-order valence-electron chi connectivity index (χ3n) is 11.0. The summed E-state index contributed by atoms with van der Waals surface area (Å²) in [6.45, 7) is 0. The van der Waals surface area contributed by atoms with Gasteiger partial charge >= 0.3 is 0 Å². The standard InChI is InChI=1S/C52H30N6O2/c1-3-13-31(14-4-1)47-53-49(57-51(55-47)41-21-11-19-39-37-17-7-9-23-43(37)59-45(39)41)35-27-25-34-30-36(28-26-33(34)29-35)50-54-48(32-15-5-2-6-16-32)56-52(58-50)42-22-12-20-40-38-18-8-10-24-44(38)60-46(40)42/h1-30H. The van der Waals surface area contributed by atoms with Crippen molar-refractivity contribution in [2.75, 3.05) is 0 Å². The zero-order chi connectivity index (χ0) is 39.6. The molecule has 0 radical (unpaired) electrons. The summed E-state index contributed by atoms with van der Waals surface area (Å²) in [6, 6.07) is 60.8. The van der Waals surface area contributed by atoms with Crippen molar-refractivity contribution in [1.82, 2.24) is 29.9 Å². The van der Waals surface area contributed by atoms with Crippen molar-refractivity contribution in [3.63, 3.8) is 0 Å². The van der Waals surface area contributed by atoms with Gasteiger partial charge in [0.25, 0.3) is 0 Å². The average molecular weight is 771 g/mol. The Labute approximate surface area is 342 Å². The van der Waals surface area contributed by atoms with Crippen molar-refractivity contribution in [2.45, 2.75) is 0 Å². The van der Waals surface area contributed by atoms with E-state index in [1.807, 2.05) is 121 Å². The van der Waals surface area contributed by atoms with Crippen molar-refractivity contribution >= 4 is 54.6 Å². The van der Waals surface area contributed by atoms with Gasteiger partial charge in [0.15, 0.2) is 34.9 Å². The predicted octanol–water partition coefficient (Wildman–Crippen LogP) is 13.0. The van der Waals surface area contributed by atoms with Crippen LogP contribution < -0.4 is 0 Å². The van der Waals surface area contributed by atoms with E-state index in [1.54, 1.807) is 0 Å². The fourth-order valence-corrected chi connectivity index (χ4v) is 8.05. The largest absolute Gasteiger partial charge is 0.455 e. The molecule has 0 spiro atoms. The molecule has 0 aliphatic carbocycles. The molecule has 0 aliphatic rings. The molecule has 0 saturated heterocycles. The molecule has 8 aromatic carbocycles. The first kappa shape index (κ1) is 33.7. The van der Waals surface area contributed by atoms with Crippen molar-refractivity contribution in [1.29, 1.82) is 0 Å². The van der Waals surface area contributed by atoms with E-state index < -0.39 is 0 Å². The van der Waals surface area contributed by atoms with E-state index in [4.69, 9.17) is 38.7 Å². The van der Waals surface area contributed by atoms with Gasteiger partial charge in [0.1, 0.15) is 22.3 Å². The highest BCUT2D eigenvalue weighted by atomic mass is 16.3. The van der Waals surface area contributed by atoms with Gasteiger partial charge < -0.3 is 8.83 Å². The number of para-hydroxylation sites is 4. The normalized spacial score (nSPS) is 11.7. The second-order valence-electron chi connectivity index (χ2n) is 14.7. The van der Waals surface area contributed by atoms with Gasteiger partial charge in [-0.2, -0.15) is 0 Å². The molecule has 0 saturated carbocycles. The first-order valence-electron chi connectivity index (χ1n) is 19.7. The number of hydrogen-bond acceptors (Lipinski definition) is 8. The SMILES string of the molecule is c1ccc(-c2nc(-c3ccc4cc(-c5nc(-c6ccccc6)nc(-c6cccc7c6oc6ccccc67)n5)ccc4c3)nc(-c3cccc4c3oc3ccccc34)n2)cc1.